The molecule has 5 rings (SSSR count). The first-order chi connectivity index (χ1) is 22.3. The third kappa shape index (κ3) is 8.58. The van der Waals surface area contributed by atoms with Gasteiger partial charge in [0, 0.05) is 36.9 Å². The normalized spacial score (nSPS) is 17.7. The quantitative estimate of drug-likeness (QED) is 0.132. The van der Waals surface area contributed by atoms with Crippen molar-refractivity contribution in [2.75, 3.05) is 5.75 Å². The number of aliphatic hydroxyl groups is 1. The number of nitrogens with zero attached hydrogens (tertiary/aromatic N) is 1. The van der Waals surface area contributed by atoms with Crippen molar-refractivity contribution in [1.82, 2.24) is 10.3 Å². The summed E-state index contributed by atoms with van der Waals surface area (Å²) in [6, 6.07) is 26.2. The molecule has 3 aromatic carbocycles. The highest BCUT2D eigenvalue weighted by atomic mass is 32.2. The van der Waals surface area contributed by atoms with Gasteiger partial charge in [-0.15, -0.1) is 11.8 Å². The molecule has 238 valence electrons. The monoisotopic (exact) mass is 642 g/mol. The molecule has 0 unspecified atom stereocenters. The Morgan fingerprint density at radius 3 is 2.33 bits per heavy atom. The molecule has 1 fully saturated rings. The molecular formula is C35H34N2O8S. The van der Waals surface area contributed by atoms with Crippen molar-refractivity contribution in [3.63, 3.8) is 0 Å². The fourth-order valence-electron chi connectivity index (χ4n) is 5.14. The molecule has 0 saturated carbocycles. The summed E-state index contributed by atoms with van der Waals surface area (Å²) in [5, 5.41) is 31.1. The number of benzene rings is 3. The Bertz CT molecular complexity index is 1660. The molecule has 11 heteroatoms. The van der Waals surface area contributed by atoms with E-state index < -0.39 is 18.2 Å². The van der Waals surface area contributed by atoms with Crippen molar-refractivity contribution >= 4 is 29.6 Å². The second-order valence-electron chi connectivity index (χ2n) is 10.8. The Labute approximate surface area is 270 Å². The lowest BCUT2D eigenvalue weighted by Gasteiger charge is -2.36. The number of aromatic nitrogens is 1. The van der Waals surface area contributed by atoms with E-state index in [0.717, 1.165) is 33.4 Å². The van der Waals surface area contributed by atoms with Crippen molar-refractivity contribution in [3.8, 4) is 11.1 Å². The topological polar surface area (TPSA) is 155 Å². The van der Waals surface area contributed by atoms with E-state index in [1.165, 1.54) is 17.8 Å². The number of rotatable bonds is 13. The van der Waals surface area contributed by atoms with Gasteiger partial charge < -0.3 is 30.1 Å². The fraction of sp³-hybridized carbons (Fsp3) is 0.257. The average molecular weight is 643 g/mol. The summed E-state index contributed by atoms with van der Waals surface area (Å²) in [7, 11) is 0. The van der Waals surface area contributed by atoms with Crippen LogP contribution in [0.1, 0.15) is 64.3 Å². The van der Waals surface area contributed by atoms with E-state index in [9.17, 15) is 24.6 Å². The molecular weight excluding hydrogens is 608 g/mol. The number of carboxylic acids is 2. The molecule has 0 bridgehead atoms. The van der Waals surface area contributed by atoms with Crippen molar-refractivity contribution in [2.24, 2.45) is 0 Å². The number of aliphatic carboxylic acids is 1. The number of thioether (sulfide) groups is 1. The minimum atomic E-state index is -1.04. The third-order valence-electron chi connectivity index (χ3n) is 7.58. The maximum absolute atomic E-state index is 12.1. The van der Waals surface area contributed by atoms with Crippen LogP contribution in [0.15, 0.2) is 96.2 Å². The van der Waals surface area contributed by atoms with Gasteiger partial charge >= 0.3 is 11.9 Å². The molecule has 0 spiro atoms. The number of ether oxygens (including phenoxy) is 2. The van der Waals surface area contributed by atoms with Crippen LogP contribution >= 0.6 is 11.8 Å². The van der Waals surface area contributed by atoms with Gasteiger partial charge in [-0.1, -0.05) is 72.8 Å². The summed E-state index contributed by atoms with van der Waals surface area (Å²) in [4.78, 5) is 38.9. The molecule has 1 aliphatic heterocycles. The lowest BCUT2D eigenvalue weighted by atomic mass is 9.97. The molecule has 1 saturated heterocycles. The van der Waals surface area contributed by atoms with E-state index in [1.807, 2.05) is 72.8 Å². The Kier molecular flexibility index (Phi) is 11.2. The first-order valence-electron chi connectivity index (χ1n) is 14.8. The van der Waals surface area contributed by atoms with Crippen LogP contribution < -0.4 is 5.32 Å². The SMILES string of the molecule is O=C(O)CCC(=O)NCc1ccccc1-c1ccc([C@@H]2O[C@H](CSc3ncccc3C(=O)O)C[C@H](c3ccc(CO)cc3)O2)cc1. The van der Waals surface area contributed by atoms with Gasteiger partial charge in [0.1, 0.15) is 5.03 Å². The zero-order chi connectivity index (χ0) is 32.5. The number of hydrogen-bond acceptors (Lipinski definition) is 8. The summed E-state index contributed by atoms with van der Waals surface area (Å²) in [5.74, 6) is -1.91. The number of amides is 1. The van der Waals surface area contributed by atoms with Crippen LogP contribution in [0.25, 0.3) is 11.1 Å². The zero-order valence-electron chi connectivity index (χ0n) is 24.9. The Morgan fingerprint density at radius 1 is 0.870 bits per heavy atom. The van der Waals surface area contributed by atoms with Crippen LogP contribution in [0, 0.1) is 0 Å². The zero-order valence-corrected chi connectivity index (χ0v) is 25.7. The maximum Gasteiger partial charge on any atom is 0.338 e. The van der Waals surface area contributed by atoms with E-state index in [4.69, 9.17) is 14.6 Å². The Morgan fingerprint density at radius 2 is 1.61 bits per heavy atom. The van der Waals surface area contributed by atoms with Gasteiger partial charge in [0.2, 0.25) is 5.91 Å². The number of carbonyl (C=O) groups excluding carboxylic acids is 1. The van der Waals surface area contributed by atoms with Gasteiger partial charge in [0.25, 0.3) is 0 Å². The molecule has 3 atom stereocenters. The predicted octanol–water partition coefficient (Wildman–Crippen LogP) is 5.76. The second kappa shape index (κ2) is 15.6. The van der Waals surface area contributed by atoms with Crippen molar-refractivity contribution in [1.29, 1.82) is 0 Å². The first-order valence-corrected chi connectivity index (χ1v) is 15.8. The second-order valence-corrected chi connectivity index (χ2v) is 11.8. The number of aromatic carboxylic acids is 1. The lowest BCUT2D eigenvalue weighted by Crippen LogP contribution is -2.31. The molecule has 46 heavy (non-hydrogen) atoms. The molecule has 1 aliphatic rings. The van der Waals surface area contributed by atoms with E-state index in [0.29, 0.717) is 17.2 Å². The van der Waals surface area contributed by atoms with Gasteiger partial charge in [-0.2, -0.15) is 0 Å². The summed E-state index contributed by atoms with van der Waals surface area (Å²) in [5.41, 5.74) is 5.44. The summed E-state index contributed by atoms with van der Waals surface area (Å²) in [6.07, 6.45) is 0.540. The maximum atomic E-state index is 12.1. The highest BCUT2D eigenvalue weighted by Gasteiger charge is 2.32. The third-order valence-corrected chi connectivity index (χ3v) is 8.71. The summed E-state index contributed by atoms with van der Waals surface area (Å²) >= 11 is 1.33. The van der Waals surface area contributed by atoms with Crippen molar-refractivity contribution in [3.05, 3.63) is 119 Å². The molecule has 4 N–H and O–H groups in total. The largest absolute Gasteiger partial charge is 0.481 e. The first kappa shape index (κ1) is 32.8. The Hall–Kier alpha value is -4.55. The standard InChI is InChI=1S/C35H34N2O8S/c38-20-22-7-9-24(10-8-22)30-18-27(21-46-33-29(34(42)43)6-3-17-36-33)44-35(45-30)25-13-11-23(12-14-25)28-5-2-1-4-26(28)19-37-31(39)15-16-32(40)41/h1-14,17,27,30,35,38H,15-16,18-21H2,(H,37,39)(H,40,41)(H,42,43)/t27-,30+,35+/m0/s1. The van der Waals surface area contributed by atoms with Crippen LogP contribution in [0.4, 0.5) is 0 Å². The lowest BCUT2D eigenvalue weighted by molar-refractivity contribution is -0.245. The number of nitrogens with one attached hydrogen (secondary N) is 1. The molecule has 1 aromatic heterocycles. The number of pyridine rings is 1. The molecule has 0 radical (unpaired) electrons. The van der Waals surface area contributed by atoms with E-state index in [2.05, 4.69) is 10.3 Å². The minimum Gasteiger partial charge on any atom is -0.481 e. The van der Waals surface area contributed by atoms with E-state index in [1.54, 1.807) is 12.3 Å². The van der Waals surface area contributed by atoms with Crippen LogP contribution in [0.3, 0.4) is 0 Å². The summed E-state index contributed by atoms with van der Waals surface area (Å²) < 4.78 is 12.9. The van der Waals surface area contributed by atoms with Gasteiger partial charge in [0.05, 0.1) is 30.8 Å². The highest BCUT2D eigenvalue weighted by molar-refractivity contribution is 7.99. The van der Waals surface area contributed by atoms with Gasteiger partial charge in [0.15, 0.2) is 6.29 Å². The Balaban J connectivity index is 1.33. The molecule has 0 aliphatic carbocycles. The number of carbonyl (C=O) groups is 3. The number of aliphatic hydroxyl groups excluding tert-OH is 1. The van der Waals surface area contributed by atoms with Gasteiger partial charge in [-0.25, -0.2) is 9.78 Å². The van der Waals surface area contributed by atoms with Gasteiger partial charge in [-0.3, -0.25) is 9.59 Å². The molecule has 4 aromatic rings. The van der Waals surface area contributed by atoms with Gasteiger partial charge in [-0.05, 0) is 39.9 Å². The van der Waals surface area contributed by atoms with Crippen molar-refractivity contribution < 1.29 is 39.2 Å². The molecule has 2 heterocycles. The van der Waals surface area contributed by atoms with E-state index in [-0.39, 0.29) is 49.7 Å². The minimum absolute atomic E-state index is 0.0562. The molecule has 1 amide bonds. The molecule has 10 nitrogen and oxygen atoms in total. The number of hydrogen-bond donors (Lipinski definition) is 4. The van der Waals surface area contributed by atoms with Crippen LogP contribution in [0.2, 0.25) is 0 Å². The van der Waals surface area contributed by atoms with E-state index >= 15 is 0 Å². The van der Waals surface area contributed by atoms with Crippen LogP contribution in [-0.2, 0) is 32.2 Å². The number of carboxylic acid groups (broad SMARTS) is 2. The summed E-state index contributed by atoms with van der Waals surface area (Å²) in [6.45, 7) is 0.209. The smallest absolute Gasteiger partial charge is 0.338 e. The van der Waals surface area contributed by atoms with Crippen LogP contribution in [-0.4, -0.2) is 50.0 Å². The highest BCUT2D eigenvalue weighted by Crippen LogP contribution is 2.40. The fourth-order valence-corrected chi connectivity index (χ4v) is 6.15. The van der Waals surface area contributed by atoms with Crippen LogP contribution in [0.5, 0.6) is 0 Å². The average Bonchev–Trinajstić information content (AvgIpc) is 3.09. The van der Waals surface area contributed by atoms with Crippen molar-refractivity contribution in [2.45, 2.75) is 55.9 Å². The predicted molar refractivity (Wildman–Crippen MR) is 171 cm³/mol.